The number of carbonyl (C=O) groups excluding carboxylic acids is 1. The maximum absolute atomic E-state index is 13.5. The molecule has 200 valence electrons. The molecule has 1 aliphatic heterocycles. The van der Waals surface area contributed by atoms with Crippen molar-refractivity contribution < 1.29 is 22.0 Å². The summed E-state index contributed by atoms with van der Waals surface area (Å²) in [4.78, 5) is 25.5. The number of nitrogens with one attached hydrogen (secondary N) is 1. The number of aliphatic imine (C=N–C) groups is 1. The maximum Gasteiger partial charge on any atom is 0.277 e. The molecule has 1 saturated carbocycles. The van der Waals surface area contributed by atoms with E-state index >= 15 is 0 Å². The Morgan fingerprint density at radius 2 is 1.95 bits per heavy atom. The molecule has 0 bridgehead atoms. The first kappa shape index (κ1) is 25.9. The summed E-state index contributed by atoms with van der Waals surface area (Å²) in [6, 6.07) is 6.74. The zero-order valence-corrected chi connectivity index (χ0v) is 22.2. The molecule has 1 aromatic carbocycles. The second kappa shape index (κ2) is 9.53. The molecule has 0 unspecified atom stereocenters. The zero-order valence-electron chi connectivity index (χ0n) is 21.4. The van der Waals surface area contributed by atoms with Crippen molar-refractivity contribution >= 4 is 44.3 Å². The Bertz CT molecular complexity index is 1580. The van der Waals surface area contributed by atoms with Crippen LogP contribution in [-0.4, -0.2) is 59.4 Å². The van der Waals surface area contributed by atoms with E-state index in [1.807, 2.05) is 0 Å². The SMILES string of the molecule is Cc1nc(-c2ccc(Nc3cc(CC(=O)C4CC4)nc4c3N=C(C(F)F)C4)c(N(C)S(C)(=O)=O)c2)n(C)n1. The summed E-state index contributed by atoms with van der Waals surface area (Å²) >= 11 is 0. The van der Waals surface area contributed by atoms with Gasteiger partial charge in [-0.3, -0.25) is 14.1 Å². The number of carbonyl (C=O) groups is 1. The van der Waals surface area contributed by atoms with Crippen molar-refractivity contribution in [2.75, 3.05) is 22.9 Å². The molecule has 0 saturated heterocycles. The second-order valence-electron chi connectivity index (χ2n) is 9.65. The Morgan fingerprint density at radius 1 is 1.21 bits per heavy atom. The molecule has 3 heterocycles. The molecule has 38 heavy (non-hydrogen) atoms. The topological polar surface area (TPSA) is 122 Å². The molecule has 13 heteroatoms. The molecule has 0 radical (unpaired) electrons. The summed E-state index contributed by atoms with van der Waals surface area (Å²) in [7, 11) is -0.503. The maximum atomic E-state index is 13.5. The van der Waals surface area contributed by atoms with Crippen LogP contribution in [0, 0.1) is 12.8 Å². The van der Waals surface area contributed by atoms with Crippen molar-refractivity contribution in [3.8, 4) is 11.4 Å². The van der Waals surface area contributed by atoms with Crippen LogP contribution in [0.3, 0.4) is 0 Å². The number of anilines is 3. The van der Waals surface area contributed by atoms with Crippen LogP contribution in [0.1, 0.15) is 30.1 Å². The third-order valence-electron chi connectivity index (χ3n) is 6.59. The van der Waals surface area contributed by atoms with Gasteiger partial charge in [0.05, 0.1) is 40.4 Å². The summed E-state index contributed by atoms with van der Waals surface area (Å²) < 4.78 is 54.8. The minimum absolute atomic E-state index is 0.0288. The van der Waals surface area contributed by atoms with Crippen LogP contribution in [0.5, 0.6) is 0 Å². The normalized spacial score (nSPS) is 15.0. The molecule has 0 amide bonds. The van der Waals surface area contributed by atoms with Crippen molar-refractivity contribution in [2.45, 2.75) is 39.0 Å². The zero-order chi connectivity index (χ0) is 27.4. The van der Waals surface area contributed by atoms with E-state index in [-0.39, 0.29) is 35.9 Å². The van der Waals surface area contributed by atoms with E-state index in [2.05, 4.69) is 25.4 Å². The van der Waals surface area contributed by atoms with E-state index < -0.39 is 16.4 Å². The lowest BCUT2D eigenvalue weighted by Gasteiger charge is -2.22. The third kappa shape index (κ3) is 5.15. The van der Waals surface area contributed by atoms with Gasteiger partial charge in [0, 0.05) is 38.4 Å². The number of aromatic nitrogens is 4. The molecule has 2 aromatic heterocycles. The van der Waals surface area contributed by atoms with Crippen LogP contribution in [-0.2, 0) is 34.7 Å². The number of pyridine rings is 1. The van der Waals surface area contributed by atoms with Gasteiger partial charge in [0.25, 0.3) is 6.43 Å². The van der Waals surface area contributed by atoms with Gasteiger partial charge in [-0.2, -0.15) is 5.10 Å². The molecule has 0 atom stereocenters. The second-order valence-corrected chi connectivity index (χ2v) is 11.7. The van der Waals surface area contributed by atoms with Gasteiger partial charge in [-0.15, -0.1) is 0 Å². The van der Waals surface area contributed by atoms with E-state index in [1.165, 1.54) is 7.05 Å². The number of alkyl halides is 2. The average molecular weight is 544 g/mol. The fraction of sp³-hybridized carbons (Fsp3) is 0.400. The number of fused-ring (bicyclic) bond motifs is 1. The summed E-state index contributed by atoms with van der Waals surface area (Å²) in [6.07, 6.45) is 0.0267. The highest BCUT2D eigenvalue weighted by Gasteiger charge is 2.31. The monoisotopic (exact) mass is 543 g/mol. The Labute approximate surface area is 218 Å². The van der Waals surface area contributed by atoms with Crippen LogP contribution < -0.4 is 9.62 Å². The van der Waals surface area contributed by atoms with Crippen LogP contribution >= 0.6 is 0 Å². The van der Waals surface area contributed by atoms with Crippen molar-refractivity contribution in [3.05, 3.63) is 41.5 Å². The summed E-state index contributed by atoms with van der Waals surface area (Å²) in [5.41, 5.74) is 2.47. The molecule has 1 N–H and O–H groups in total. The first-order chi connectivity index (χ1) is 17.9. The molecular formula is C25H27F2N7O3S. The van der Waals surface area contributed by atoms with Gasteiger partial charge >= 0.3 is 0 Å². The Hall–Kier alpha value is -3.74. The first-order valence-corrected chi connectivity index (χ1v) is 13.9. The van der Waals surface area contributed by atoms with Gasteiger partial charge < -0.3 is 5.32 Å². The van der Waals surface area contributed by atoms with E-state index in [4.69, 9.17) is 0 Å². The largest absolute Gasteiger partial charge is 0.352 e. The van der Waals surface area contributed by atoms with Crippen LogP contribution in [0.4, 0.5) is 31.5 Å². The Morgan fingerprint density at radius 3 is 2.55 bits per heavy atom. The number of ketones is 1. The number of benzene rings is 1. The number of hydrogen-bond acceptors (Lipinski definition) is 8. The van der Waals surface area contributed by atoms with E-state index in [1.54, 1.807) is 42.9 Å². The van der Waals surface area contributed by atoms with Crippen LogP contribution in [0.25, 0.3) is 11.4 Å². The number of aryl methyl sites for hydroxylation is 2. The predicted molar refractivity (Wildman–Crippen MR) is 140 cm³/mol. The van der Waals surface area contributed by atoms with Gasteiger partial charge in [-0.25, -0.2) is 31.9 Å². The van der Waals surface area contributed by atoms with Crippen molar-refractivity contribution in [1.29, 1.82) is 0 Å². The third-order valence-corrected chi connectivity index (χ3v) is 7.78. The van der Waals surface area contributed by atoms with Gasteiger partial charge in [0.1, 0.15) is 17.3 Å². The van der Waals surface area contributed by atoms with Crippen molar-refractivity contribution in [2.24, 2.45) is 18.0 Å². The predicted octanol–water partition coefficient (Wildman–Crippen LogP) is 3.74. The Kier molecular flexibility index (Phi) is 6.49. The molecule has 1 aliphatic carbocycles. The molecule has 5 rings (SSSR count). The van der Waals surface area contributed by atoms with Gasteiger partial charge in [-0.1, -0.05) is 0 Å². The number of nitrogens with zero attached hydrogens (tertiary/aromatic N) is 6. The first-order valence-electron chi connectivity index (χ1n) is 12.0. The number of hydrogen-bond donors (Lipinski definition) is 1. The highest BCUT2D eigenvalue weighted by molar-refractivity contribution is 7.92. The Balaban J connectivity index is 1.59. The van der Waals surface area contributed by atoms with Crippen molar-refractivity contribution in [1.82, 2.24) is 19.7 Å². The van der Waals surface area contributed by atoms with E-state index in [0.29, 0.717) is 45.7 Å². The molecule has 3 aromatic rings. The van der Waals surface area contributed by atoms with Gasteiger partial charge in [0.2, 0.25) is 10.0 Å². The lowest BCUT2D eigenvalue weighted by molar-refractivity contribution is -0.119. The number of halogens is 2. The van der Waals surface area contributed by atoms with E-state index in [9.17, 15) is 22.0 Å². The molecule has 0 spiro atoms. The fourth-order valence-electron chi connectivity index (χ4n) is 4.42. The fourth-order valence-corrected chi connectivity index (χ4v) is 4.92. The van der Waals surface area contributed by atoms with Gasteiger partial charge in [0.15, 0.2) is 5.82 Å². The highest BCUT2D eigenvalue weighted by atomic mass is 32.2. The number of rotatable bonds is 9. The van der Waals surface area contributed by atoms with Gasteiger partial charge in [-0.05, 0) is 44.0 Å². The summed E-state index contributed by atoms with van der Waals surface area (Å²) in [5.74, 6) is 1.21. The molecule has 1 fully saturated rings. The van der Waals surface area contributed by atoms with E-state index in [0.717, 1.165) is 23.4 Å². The lowest BCUT2D eigenvalue weighted by Crippen LogP contribution is -2.25. The number of sulfonamides is 1. The summed E-state index contributed by atoms with van der Waals surface area (Å²) in [5, 5.41) is 7.45. The molecule has 2 aliphatic rings. The van der Waals surface area contributed by atoms with Crippen molar-refractivity contribution in [3.63, 3.8) is 0 Å². The quantitative estimate of drug-likeness (QED) is 0.436. The molecular weight excluding hydrogens is 516 g/mol. The lowest BCUT2D eigenvalue weighted by atomic mass is 10.1. The standard InChI is InChI=1S/C25H27F2N7O3S/c1-13-28-25(33(2)32-13)15-7-8-17(21(9-15)34(3)38(4,36)37)30-18-10-16(11-22(35)14-5-6-14)29-19-12-20(24(26)27)31-23(18)19/h7-10,14,24H,5-6,11-12H2,1-4H3,(H,29,30). The highest BCUT2D eigenvalue weighted by Crippen LogP contribution is 2.41. The number of Topliss-reactive ketones (excluding diaryl/α,β-unsaturated/α-hetero) is 1. The average Bonchev–Trinajstić information content (AvgIpc) is 3.51. The summed E-state index contributed by atoms with van der Waals surface area (Å²) in [6.45, 7) is 1.76. The van der Waals surface area contributed by atoms with Crippen LogP contribution in [0.15, 0.2) is 29.3 Å². The smallest absolute Gasteiger partial charge is 0.277 e. The minimum Gasteiger partial charge on any atom is -0.352 e. The minimum atomic E-state index is -3.67. The van der Waals surface area contributed by atoms with Crippen LogP contribution in [0.2, 0.25) is 0 Å². The molecule has 10 nitrogen and oxygen atoms in total.